The molecule has 1 N–H and O–H groups in total. The first-order valence-electron chi connectivity index (χ1n) is 11.0. The Bertz CT molecular complexity index is 1400. The molecule has 0 unspecified atom stereocenters. The quantitative estimate of drug-likeness (QED) is 0.525. The number of hydrogen-bond acceptors (Lipinski definition) is 7. The number of ether oxygens (including phenoxy) is 3. The van der Waals surface area contributed by atoms with Gasteiger partial charge in [-0.15, -0.1) is 0 Å². The van der Waals surface area contributed by atoms with Gasteiger partial charge in [0.05, 0.1) is 16.1 Å². The standard InChI is InChI=1S/C25H22N2O7S/c28-24(26-19-8-9-22-23(15-19)33-13-12-32-22)16-34-25(29)18-5-3-6-20(14-18)35(30,31)27-11-10-17-4-1-2-7-21(17)27/h1-9,14-15H,10-13,16H2,(H,26,28). The number of sulfonamides is 1. The number of nitrogens with one attached hydrogen (secondary N) is 1. The van der Waals surface area contributed by atoms with Crippen molar-refractivity contribution in [2.24, 2.45) is 0 Å². The van der Waals surface area contributed by atoms with Crippen molar-refractivity contribution in [3.05, 3.63) is 77.9 Å². The van der Waals surface area contributed by atoms with E-state index in [2.05, 4.69) is 5.32 Å². The topological polar surface area (TPSA) is 111 Å². The Labute approximate surface area is 202 Å². The van der Waals surface area contributed by atoms with Crippen LogP contribution in [-0.4, -0.2) is 46.7 Å². The van der Waals surface area contributed by atoms with Crippen LogP contribution in [0.5, 0.6) is 11.5 Å². The van der Waals surface area contributed by atoms with Crippen LogP contribution >= 0.6 is 0 Å². The van der Waals surface area contributed by atoms with Crippen molar-refractivity contribution in [1.82, 2.24) is 0 Å². The Morgan fingerprint density at radius 2 is 1.74 bits per heavy atom. The molecule has 180 valence electrons. The molecule has 3 aromatic carbocycles. The highest BCUT2D eigenvalue weighted by atomic mass is 32.2. The van der Waals surface area contributed by atoms with Gasteiger partial charge in [-0.05, 0) is 48.4 Å². The highest BCUT2D eigenvalue weighted by Gasteiger charge is 2.31. The van der Waals surface area contributed by atoms with Crippen molar-refractivity contribution in [3.63, 3.8) is 0 Å². The lowest BCUT2D eigenvalue weighted by molar-refractivity contribution is -0.119. The number of fused-ring (bicyclic) bond motifs is 2. The number of para-hydroxylation sites is 1. The zero-order chi connectivity index (χ0) is 24.4. The Kier molecular flexibility index (Phi) is 6.04. The van der Waals surface area contributed by atoms with E-state index in [4.69, 9.17) is 14.2 Å². The minimum absolute atomic E-state index is 0.0237. The predicted octanol–water partition coefficient (Wildman–Crippen LogP) is 3.00. The summed E-state index contributed by atoms with van der Waals surface area (Å²) in [5.41, 5.74) is 2.09. The largest absolute Gasteiger partial charge is 0.486 e. The van der Waals surface area contributed by atoms with E-state index in [1.54, 1.807) is 30.3 Å². The van der Waals surface area contributed by atoms with Crippen molar-refractivity contribution in [2.45, 2.75) is 11.3 Å². The fourth-order valence-corrected chi connectivity index (χ4v) is 5.55. The van der Waals surface area contributed by atoms with Crippen molar-refractivity contribution >= 4 is 33.3 Å². The molecule has 0 aromatic heterocycles. The molecule has 2 heterocycles. The normalized spacial score (nSPS) is 14.2. The number of amides is 1. The summed E-state index contributed by atoms with van der Waals surface area (Å²) in [7, 11) is -3.86. The van der Waals surface area contributed by atoms with Crippen molar-refractivity contribution < 1.29 is 32.2 Å². The average molecular weight is 495 g/mol. The zero-order valence-corrected chi connectivity index (χ0v) is 19.4. The molecule has 3 aromatic rings. The molecule has 0 fully saturated rings. The molecule has 0 atom stereocenters. The van der Waals surface area contributed by atoms with E-state index >= 15 is 0 Å². The lowest BCUT2D eigenvalue weighted by Gasteiger charge is -2.20. The maximum absolute atomic E-state index is 13.2. The lowest BCUT2D eigenvalue weighted by atomic mass is 10.2. The van der Waals surface area contributed by atoms with Crippen LogP contribution in [0.4, 0.5) is 11.4 Å². The highest BCUT2D eigenvalue weighted by Crippen LogP contribution is 2.33. The molecule has 35 heavy (non-hydrogen) atoms. The third-order valence-corrected chi connectivity index (χ3v) is 7.47. The molecule has 9 nitrogen and oxygen atoms in total. The molecular weight excluding hydrogens is 472 g/mol. The second-order valence-electron chi connectivity index (χ2n) is 7.97. The average Bonchev–Trinajstić information content (AvgIpc) is 3.32. The molecule has 5 rings (SSSR count). The van der Waals surface area contributed by atoms with Crippen LogP contribution in [0.3, 0.4) is 0 Å². The first kappa shape index (κ1) is 22.7. The molecule has 2 aliphatic heterocycles. The summed E-state index contributed by atoms with van der Waals surface area (Å²) in [6, 6.07) is 17.9. The van der Waals surface area contributed by atoms with Crippen molar-refractivity contribution in [2.75, 3.05) is 36.0 Å². The van der Waals surface area contributed by atoms with Crippen LogP contribution < -0.4 is 19.1 Å². The summed E-state index contributed by atoms with van der Waals surface area (Å²) >= 11 is 0. The van der Waals surface area contributed by atoms with Crippen molar-refractivity contribution in [1.29, 1.82) is 0 Å². The molecule has 0 aliphatic carbocycles. The highest BCUT2D eigenvalue weighted by molar-refractivity contribution is 7.92. The number of carbonyl (C=O) groups excluding carboxylic acids is 2. The number of anilines is 2. The summed E-state index contributed by atoms with van der Waals surface area (Å²) in [5.74, 6) is -0.244. The fourth-order valence-electron chi connectivity index (χ4n) is 4.00. The van der Waals surface area contributed by atoms with E-state index in [9.17, 15) is 18.0 Å². The SMILES string of the molecule is O=C(COC(=O)c1cccc(S(=O)(=O)N2CCc3ccccc32)c1)Nc1ccc2c(c1)OCCO2. The number of carbonyl (C=O) groups is 2. The van der Waals surface area contributed by atoms with Gasteiger partial charge in [0.2, 0.25) is 0 Å². The van der Waals surface area contributed by atoms with Gasteiger partial charge in [0.25, 0.3) is 15.9 Å². The molecule has 0 saturated heterocycles. The number of nitrogens with zero attached hydrogens (tertiary/aromatic N) is 1. The monoisotopic (exact) mass is 494 g/mol. The van der Waals surface area contributed by atoms with Gasteiger partial charge in [0, 0.05) is 18.3 Å². The van der Waals surface area contributed by atoms with Crippen molar-refractivity contribution in [3.8, 4) is 11.5 Å². The van der Waals surface area contributed by atoms with Gasteiger partial charge in [-0.3, -0.25) is 9.10 Å². The Morgan fingerprint density at radius 1 is 0.943 bits per heavy atom. The molecule has 10 heteroatoms. The second-order valence-corrected chi connectivity index (χ2v) is 9.83. The van der Waals surface area contributed by atoms with E-state index in [1.165, 1.54) is 28.6 Å². The third kappa shape index (κ3) is 4.65. The molecule has 0 saturated carbocycles. The fraction of sp³-hybridized carbons (Fsp3) is 0.200. The number of benzene rings is 3. The van der Waals surface area contributed by atoms with Gasteiger partial charge in [-0.1, -0.05) is 24.3 Å². The number of rotatable bonds is 6. The van der Waals surface area contributed by atoms with Crippen LogP contribution in [0.15, 0.2) is 71.6 Å². The van der Waals surface area contributed by atoms with Gasteiger partial charge in [-0.25, -0.2) is 13.2 Å². The summed E-state index contributed by atoms with van der Waals surface area (Å²) in [4.78, 5) is 24.8. The van der Waals surface area contributed by atoms with Gasteiger partial charge in [0.15, 0.2) is 18.1 Å². The minimum atomic E-state index is -3.86. The Balaban J connectivity index is 1.23. The zero-order valence-electron chi connectivity index (χ0n) is 18.6. The lowest BCUT2D eigenvalue weighted by Crippen LogP contribution is -2.29. The summed E-state index contributed by atoms with van der Waals surface area (Å²) in [6.45, 7) is 0.670. The van der Waals surface area contributed by atoms with Gasteiger partial charge >= 0.3 is 5.97 Å². The number of hydrogen-bond donors (Lipinski definition) is 1. The van der Waals surface area contributed by atoms with Crippen LogP contribution in [0, 0.1) is 0 Å². The summed E-state index contributed by atoms with van der Waals surface area (Å²) in [5, 5.41) is 2.63. The Hall–Kier alpha value is -4.05. The molecule has 2 aliphatic rings. The Morgan fingerprint density at radius 3 is 2.60 bits per heavy atom. The van der Waals surface area contributed by atoms with Crippen LogP contribution in [-0.2, 0) is 26.0 Å². The van der Waals surface area contributed by atoms with Crippen LogP contribution in [0.1, 0.15) is 15.9 Å². The van der Waals surface area contributed by atoms with E-state index in [0.717, 1.165) is 5.56 Å². The molecule has 1 amide bonds. The molecule has 0 radical (unpaired) electrons. The predicted molar refractivity (Wildman–Crippen MR) is 127 cm³/mol. The van der Waals surface area contributed by atoms with Gasteiger partial charge < -0.3 is 19.5 Å². The first-order valence-corrected chi connectivity index (χ1v) is 12.4. The van der Waals surface area contributed by atoms with E-state index in [1.807, 2.05) is 12.1 Å². The van der Waals surface area contributed by atoms with E-state index in [0.29, 0.717) is 49.1 Å². The summed E-state index contributed by atoms with van der Waals surface area (Å²) < 4.78 is 43.8. The number of esters is 1. The van der Waals surface area contributed by atoms with Gasteiger partial charge in [-0.2, -0.15) is 0 Å². The second kappa shape index (κ2) is 9.30. The van der Waals surface area contributed by atoms with Gasteiger partial charge in [0.1, 0.15) is 13.2 Å². The van der Waals surface area contributed by atoms with Crippen LogP contribution in [0.2, 0.25) is 0 Å². The summed E-state index contributed by atoms with van der Waals surface area (Å²) in [6.07, 6.45) is 0.621. The molecule has 0 bridgehead atoms. The van der Waals surface area contributed by atoms with E-state index in [-0.39, 0.29) is 10.5 Å². The minimum Gasteiger partial charge on any atom is -0.486 e. The van der Waals surface area contributed by atoms with Crippen LogP contribution in [0.25, 0.3) is 0 Å². The molecule has 0 spiro atoms. The maximum atomic E-state index is 13.2. The maximum Gasteiger partial charge on any atom is 0.338 e. The first-order chi connectivity index (χ1) is 16.9. The molecular formula is C25H22N2O7S. The smallest absolute Gasteiger partial charge is 0.338 e. The van der Waals surface area contributed by atoms with E-state index < -0.39 is 28.5 Å². The third-order valence-electron chi connectivity index (χ3n) is 5.66.